The summed E-state index contributed by atoms with van der Waals surface area (Å²) in [7, 11) is 0. The summed E-state index contributed by atoms with van der Waals surface area (Å²) in [5.74, 6) is 0. The Kier molecular flexibility index (Phi) is 2.58. The van der Waals surface area contributed by atoms with E-state index in [2.05, 4.69) is 11.8 Å². The third-order valence-corrected chi connectivity index (χ3v) is 3.38. The maximum Gasteiger partial charge on any atom is 0.0818 e. The van der Waals surface area contributed by atoms with E-state index in [1.54, 1.807) is 0 Å². The maximum absolute atomic E-state index is 10.2. The van der Waals surface area contributed by atoms with Gasteiger partial charge in [-0.25, -0.2) is 0 Å². The van der Waals surface area contributed by atoms with Gasteiger partial charge in [-0.1, -0.05) is 0 Å². The topological polar surface area (TPSA) is 32.7 Å². The zero-order chi connectivity index (χ0) is 9.31. The lowest BCUT2D eigenvalue weighted by atomic mass is 9.91. The lowest BCUT2D eigenvalue weighted by Crippen LogP contribution is -2.55. The molecule has 0 bridgehead atoms. The number of ether oxygens (including phenoxy) is 1. The molecule has 0 spiro atoms. The van der Waals surface area contributed by atoms with E-state index in [-0.39, 0.29) is 0 Å². The van der Waals surface area contributed by atoms with Crippen molar-refractivity contribution in [3.8, 4) is 0 Å². The van der Waals surface area contributed by atoms with Crippen LogP contribution in [0.2, 0.25) is 0 Å². The van der Waals surface area contributed by atoms with Gasteiger partial charge in [0.05, 0.1) is 5.60 Å². The Labute approximate surface area is 79.7 Å². The molecule has 2 aliphatic heterocycles. The van der Waals surface area contributed by atoms with Gasteiger partial charge in [0, 0.05) is 45.2 Å². The molecule has 0 aromatic rings. The zero-order valence-electron chi connectivity index (χ0n) is 8.33. The molecule has 0 aromatic carbocycles. The molecule has 3 nitrogen and oxygen atoms in total. The third kappa shape index (κ3) is 2.03. The SMILES string of the molecule is CC1CCN1CC1(O)CCOCC1. The fourth-order valence-corrected chi connectivity index (χ4v) is 2.09. The number of aliphatic hydroxyl groups is 1. The van der Waals surface area contributed by atoms with Crippen molar-refractivity contribution in [2.45, 2.75) is 37.8 Å². The lowest BCUT2D eigenvalue weighted by Gasteiger charge is -2.44. The van der Waals surface area contributed by atoms with E-state index in [0.29, 0.717) is 6.04 Å². The molecule has 0 aromatic heterocycles. The molecule has 2 heterocycles. The van der Waals surface area contributed by atoms with E-state index >= 15 is 0 Å². The Morgan fingerprint density at radius 1 is 1.46 bits per heavy atom. The Morgan fingerprint density at radius 2 is 2.15 bits per heavy atom. The quantitative estimate of drug-likeness (QED) is 0.684. The first-order valence-corrected chi connectivity index (χ1v) is 5.24. The minimum atomic E-state index is -0.465. The Bertz CT molecular complexity index is 178. The average molecular weight is 185 g/mol. The first-order chi connectivity index (χ1) is 6.20. The molecule has 2 aliphatic rings. The first-order valence-electron chi connectivity index (χ1n) is 5.24. The van der Waals surface area contributed by atoms with Crippen LogP contribution in [0.15, 0.2) is 0 Å². The second-order valence-corrected chi connectivity index (χ2v) is 4.44. The van der Waals surface area contributed by atoms with Crippen LogP contribution in [0.4, 0.5) is 0 Å². The smallest absolute Gasteiger partial charge is 0.0818 e. The van der Waals surface area contributed by atoms with E-state index in [4.69, 9.17) is 4.74 Å². The summed E-state index contributed by atoms with van der Waals surface area (Å²) in [6, 6.07) is 0.673. The van der Waals surface area contributed by atoms with Crippen LogP contribution in [0.5, 0.6) is 0 Å². The van der Waals surface area contributed by atoms with Crippen LogP contribution >= 0.6 is 0 Å². The molecule has 3 heteroatoms. The van der Waals surface area contributed by atoms with Gasteiger partial charge in [0.2, 0.25) is 0 Å². The number of nitrogens with zero attached hydrogens (tertiary/aromatic N) is 1. The average Bonchev–Trinajstić information content (AvgIpc) is 2.14. The van der Waals surface area contributed by atoms with E-state index in [1.807, 2.05) is 0 Å². The van der Waals surface area contributed by atoms with Crippen LogP contribution in [-0.2, 0) is 4.74 Å². The van der Waals surface area contributed by atoms with Crippen molar-refractivity contribution in [1.82, 2.24) is 4.90 Å². The minimum absolute atomic E-state index is 0.465. The highest BCUT2D eigenvalue weighted by molar-refractivity contribution is 4.89. The summed E-state index contributed by atoms with van der Waals surface area (Å²) in [4.78, 5) is 2.37. The Hall–Kier alpha value is -0.120. The predicted octanol–water partition coefficient (Wildman–Crippen LogP) is 0.622. The van der Waals surface area contributed by atoms with E-state index in [0.717, 1.165) is 39.1 Å². The molecule has 2 fully saturated rings. The summed E-state index contributed by atoms with van der Waals surface area (Å²) in [5.41, 5.74) is -0.465. The van der Waals surface area contributed by atoms with Crippen molar-refractivity contribution in [1.29, 1.82) is 0 Å². The maximum atomic E-state index is 10.2. The monoisotopic (exact) mass is 185 g/mol. The fourth-order valence-electron chi connectivity index (χ4n) is 2.09. The van der Waals surface area contributed by atoms with Crippen molar-refractivity contribution >= 4 is 0 Å². The first kappa shape index (κ1) is 9.44. The van der Waals surface area contributed by atoms with Gasteiger partial charge < -0.3 is 9.84 Å². The molecule has 2 saturated heterocycles. The van der Waals surface area contributed by atoms with Gasteiger partial charge in [-0.2, -0.15) is 0 Å². The molecule has 13 heavy (non-hydrogen) atoms. The molecule has 1 unspecified atom stereocenters. The Balaban J connectivity index is 1.84. The molecular weight excluding hydrogens is 166 g/mol. The van der Waals surface area contributed by atoms with Crippen LogP contribution in [0.3, 0.4) is 0 Å². The van der Waals surface area contributed by atoms with E-state index < -0.39 is 5.60 Å². The highest BCUT2D eigenvalue weighted by Gasteiger charge is 2.35. The summed E-state index contributed by atoms with van der Waals surface area (Å²) in [5, 5.41) is 10.2. The zero-order valence-corrected chi connectivity index (χ0v) is 8.33. The largest absolute Gasteiger partial charge is 0.388 e. The second-order valence-electron chi connectivity index (χ2n) is 4.44. The van der Waals surface area contributed by atoms with Crippen molar-refractivity contribution in [2.24, 2.45) is 0 Å². The molecule has 0 aliphatic carbocycles. The van der Waals surface area contributed by atoms with Gasteiger partial charge in [-0.05, 0) is 13.3 Å². The molecule has 0 saturated carbocycles. The molecule has 0 radical (unpaired) electrons. The standard InChI is InChI=1S/C10H19NO2/c1-9-2-5-11(9)8-10(12)3-6-13-7-4-10/h9,12H,2-8H2,1H3. The van der Waals surface area contributed by atoms with Gasteiger partial charge >= 0.3 is 0 Å². The van der Waals surface area contributed by atoms with Crippen LogP contribution in [-0.4, -0.2) is 48.0 Å². The van der Waals surface area contributed by atoms with Gasteiger partial charge in [0.25, 0.3) is 0 Å². The normalized spacial score (nSPS) is 34.2. The van der Waals surface area contributed by atoms with E-state index in [1.165, 1.54) is 6.42 Å². The molecule has 0 amide bonds. The van der Waals surface area contributed by atoms with Crippen LogP contribution in [0, 0.1) is 0 Å². The number of rotatable bonds is 2. The number of β-amino-alcohol motifs (C(OH)–C–C–N with tert-alkyl or cyclic N) is 1. The van der Waals surface area contributed by atoms with Crippen LogP contribution < -0.4 is 0 Å². The number of hydrogen-bond acceptors (Lipinski definition) is 3. The van der Waals surface area contributed by atoms with Crippen molar-refractivity contribution in [3.05, 3.63) is 0 Å². The number of likely N-dealkylation sites (tertiary alicyclic amines) is 1. The minimum Gasteiger partial charge on any atom is -0.388 e. The van der Waals surface area contributed by atoms with Gasteiger partial charge in [-0.15, -0.1) is 0 Å². The fraction of sp³-hybridized carbons (Fsp3) is 1.00. The molecule has 2 rings (SSSR count). The summed E-state index contributed by atoms with van der Waals surface area (Å²) in [6.07, 6.45) is 2.89. The molecule has 76 valence electrons. The predicted molar refractivity (Wildman–Crippen MR) is 50.7 cm³/mol. The highest BCUT2D eigenvalue weighted by Crippen LogP contribution is 2.26. The van der Waals surface area contributed by atoms with Crippen molar-refractivity contribution in [2.75, 3.05) is 26.3 Å². The highest BCUT2D eigenvalue weighted by atomic mass is 16.5. The summed E-state index contributed by atoms with van der Waals surface area (Å²) >= 11 is 0. The van der Waals surface area contributed by atoms with Gasteiger partial charge in [-0.3, -0.25) is 4.90 Å². The Morgan fingerprint density at radius 3 is 2.62 bits per heavy atom. The lowest BCUT2D eigenvalue weighted by molar-refractivity contribution is -0.0959. The summed E-state index contributed by atoms with van der Waals surface area (Å²) < 4.78 is 5.25. The van der Waals surface area contributed by atoms with Gasteiger partial charge in [0.1, 0.15) is 0 Å². The van der Waals surface area contributed by atoms with Crippen molar-refractivity contribution < 1.29 is 9.84 Å². The molecular formula is C10H19NO2. The van der Waals surface area contributed by atoms with E-state index in [9.17, 15) is 5.11 Å². The second kappa shape index (κ2) is 3.56. The third-order valence-electron chi connectivity index (χ3n) is 3.38. The van der Waals surface area contributed by atoms with Crippen LogP contribution in [0.25, 0.3) is 0 Å². The van der Waals surface area contributed by atoms with Gasteiger partial charge in [0.15, 0.2) is 0 Å². The van der Waals surface area contributed by atoms with Crippen molar-refractivity contribution in [3.63, 3.8) is 0 Å². The summed E-state index contributed by atoms with van der Waals surface area (Å²) in [6.45, 7) is 5.67. The van der Waals surface area contributed by atoms with Crippen LogP contribution in [0.1, 0.15) is 26.2 Å². The number of hydrogen-bond donors (Lipinski definition) is 1. The molecule has 1 N–H and O–H groups in total. The molecule has 1 atom stereocenters.